The predicted octanol–water partition coefficient (Wildman–Crippen LogP) is 4.34. The number of Topliss-reactive ketones (excluding diaryl/α,β-unsaturated/α-hetero) is 1. The molecule has 41 heavy (non-hydrogen) atoms. The molecule has 10 heteroatoms. The molecule has 1 aliphatic heterocycles. The number of amides is 1. The van der Waals surface area contributed by atoms with E-state index in [9.17, 15) is 22.4 Å². The summed E-state index contributed by atoms with van der Waals surface area (Å²) in [6.45, 7) is 9.09. The highest BCUT2D eigenvalue weighted by Gasteiger charge is 2.26. The van der Waals surface area contributed by atoms with Crippen molar-refractivity contribution in [3.05, 3.63) is 58.1 Å². The topological polar surface area (TPSA) is 87.2 Å². The zero-order valence-corrected chi connectivity index (χ0v) is 26.4. The summed E-state index contributed by atoms with van der Waals surface area (Å²) in [5, 5.41) is 0. The zero-order valence-electron chi connectivity index (χ0n) is 25.6. The van der Waals surface area contributed by atoms with Crippen LogP contribution in [0, 0.1) is 13.8 Å². The lowest BCUT2D eigenvalue weighted by Crippen LogP contribution is -2.33. The van der Waals surface area contributed by atoms with Gasteiger partial charge in [-0.3, -0.25) is 9.59 Å². The second kappa shape index (κ2) is 16.0. The van der Waals surface area contributed by atoms with Crippen LogP contribution in [-0.2, 0) is 39.0 Å². The van der Waals surface area contributed by atoms with E-state index in [0.717, 1.165) is 35.8 Å². The first-order valence-corrected chi connectivity index (χ1v) is 15.5. The molecule has 0 saturated heterocycles. The number of ketones is 1. The fourth-order valence-electron chi connectivity index (χ4n) is 4.94. The molecule has 1 amide bonds. The van der Waals surface area contributed by atoms with Gasteiger partial charge in [0.2, 0.25) is 15.9 Å². The summed E-state index contributed by atoms with van der Waals surface area (Å²) in [5.74, 6) is 0.471. The highest BCUT2D eigenvalue weighted by molar-refractivity contribution is 7.89. The standard InChI is InChI=1S/C16H23FN2O.C15H23NO4S/c1-13(20)19(10-7-17)12-14-3-4-15-5-8-18(2)9-6-16(15)11-14;1-6-7-13(17)10-16(4)21(18,19)15-11(2)8-14(20-5)9-12(15)3/h3-4,11H,5-10,12H2,1-2H3;8-9H,6-7,10H2,1-5H3. The van der Waals surface area contributed by atoms with E-state index in [-0.39, 0.29) is 29.7 Å². The average Bonchev–Trinajstić information content (AvgIpc) is 3.09. The van der Waals surface area contributed by atoms with Crippen LogP contribution in [0.5, 0.6) is 5.75 Å². The Morgan fingerprint density at radius 3 is 2.20 bits per heavy atom. The van der Waals surface area contributed by atoms with Gasteiger partial charge in [-0.05, 0) is 80.1 Å². The van der Waals surface area contributed by atoms with Gasteiger partial charge in [-0.2, -0.15) is 4.31 Å². The predicted molar refractivity (Wildman–Crippen MR) is 161 cm³/mol. The number of nitrogens with zero attached hydrogens (tertiary/aromatic N) is 3. The Morgan fingerprint density at radius 1 is 1.05 bits per heavy atom. The molecule has 2 aromatic rings. The number of fused-ring (bicyclic) bond motifs is 1. The normalized spacial score (nSPS) is 13.6. The fourth-order valence-corrected chi connectivity index (χ4v) is 6.50. The lowest BCUT2D eigenvalue weighted by atomic mass is 10.00. The van der Waals surface area contributed by atoms with Gasteiger partial charge in [-0.15, -0.1) is 0 Å². The van der Waals surface area contributed by atoms with Gasteiger partial charge >= 0.3 is 0 Å². The molecule has 0 saturated carbocycles. The minimum Gasteiger partial charge on any atom is -0.497 e. The molecule has 0 atom stereocenters. The maximum Gasteiger partial charge on any atom is 0.243 e. The molecule has 0 radical (unpaired) electrons. The summed E-state index contributed by atoms with van der Waals surface area (Å²) in [5.41, 5.74) is 5.09. The number of likely N-dealkylation sites (N-methyl/N-ethyl adjacent to an activating group) is 2. The van der Waals surface area contributed by atoms with Gasteiger partial charge in [0.15, 0.2) is 0 Å². The van der Waals surface area contributed by atoms with Crippen molar-refractivity contribution in [2.24, 2.45) is 0 Å². The smallest absolute Gasteiger partial charge is 0.243 e. The third-order valence-corrected chi connectivity index (χ3v) is 9.34. The first-order valence-electron chi connectivity index (χ1n) is 14.1. The molecule has 0 unspecified atom stereocenters. The summed E-state index contributed by atoms with van der Waals surface area (Å²) >= 11 is 0. The maximum atomic E-state index is 12.6. The Hall–Kier alpha value is -2.82. The van der Waals surface area contributed by atoms with Gasteiger partial charge in [0, 0.05) is 46.6 Å². The lowest BCUT2D eigenvalue weighted by Gasteiger charge is -2.20. The second-order valence-corrected chi connectivity index (χ2v) is 12.7. The van der Waals surface area contributed by atoms with Gasteiger partial charge in [0.1, 0.15) is 18.2 Å². The third-order valence-electron chi connectivity index (χ3n) is 7.24. The number of rotatable bonds is 11. The third kappa shape index (κ3) is 9.90. The van der Waals surface area contributed by atoms with Crippen molar-refractivity contribution < 1.29 is 27.1 Å². The molecule has 0 spiro atoms. The summed E-state index contributed by atoms with van der Waals surface area (Å²) in [7, 11) is 1.44. The van der Waals surface area contributed by atoms with Crippen molar-refractivity contribution in [2.45, 2.75) is 64.8 Å². The summed E-state index contributed by atoms with van der Waals surface area (Å²) in [6, 6.07) is 9.78. The first kappa shape index (κ1) is 34.4. The summed E-state index contributed by atoms with van der Waals surface area (Å²) in [6.07, 6.45) is 3.23. The number of halogens is 1. The molecule has 228 valence electrons. The number of methoxy groups -OCH3 is 1. The first-order chi connectivity index (χ1) is 19.3. The minimum absolute atomic E-state index is 0.0719. The molecule has 0 bridgehead atoms. The molecule has 3 rings (SSSR count). The van der Waals surface area contributed by atoms with E-state index in [0.29, 0.717) is 36.3 Å². The molecular weight excluding hydrogens is 545 g/mol. The van der Waals surface area contributed by atoms with Crippen LogP contribution >= 0.6 is 0 Å². The van der Waals surface area contributed by atoms with E-state index in [1.807, 2.05) is 6.92 Å². The van der Waals surface area contributed by atoms with Gasteiger partial charge in [0.05, 0.1) is 18.6 Å². The SMILES string of the molecule is CC(=O)N(CCF)Cc1ccc2c(c1)CCN(C)CC2.CCCC(=O)CN(C)S(=O)(=O)c1c(C)cc(OC)cc1C. The van der Waals surface area contributed by atoms with Crippen LogP contribution in [-0.4, -0.2) is 88.3 Å². The van der Waals surface area contributed by atoms with Crippen LogP contribution in [0.15, 0.2) is 35.2 Å². The van der Waals surface area contributed by atoms with E-state index in [4.69, 9.17) is 4.74 Å². The van der Waals surface area contributed by atoms with Crippen molar-refractivity contribution in [2.75, 3.05) is 54.1 Å². The molecule has 2 aromatic carbocycles. The van der Waals surface area contributed by atoms with Crippen LogP contribution in [0.25, 0.3) is 0 Å². The average molecular weight is 592 g/mol. The summed E-state index contributed by atoms with van der Waals surface area (Å²) in [4.78, 5) is 27.3. The van der Waals surface area contributed by atoms with Crippen molar-refractivity contribution in [3.8, 4) is 5.75 Å². The highest BCUT2D eigenvalue weighted by atomic mass is 32.2. The second-order valence-electron chi connectivity index (χ2n) is 10.7. The van der Waals surface area contributed by atoms with Crippen LogP contribution in [0.1, 0.15) is 54.5 Å². The number of benzene rings is 2. The number of aryl methyl sites for hydroxylation is 2. The van der Waals surface area contributed by atoms with Crippen molar-refractivity contribution in [1.82, 2.24) is 14.1 Å². The van der Waals surface area contributed by atoms with Crippen LogP contribution in [0.4, 0.5) is 4.39 Å². The van der Waals surface area contributed by atoms with E-state index < -0.39 is 16.7 Å². The van der Waals surface area contributed by atoms with Crippen LogP contribution in [0.3, 0.4) is 0 Å². The number of sulfonamides is 1. The summed E-state index contributed by atoms with van der Waals surface area (Å²) < 4.78 is 44.0. The Morgan fingerprint density at radius 2 is 1.66 bits per heavy atom. The van der Waals surface area contributed by atoms with E-state index in [1.165, 1.54) is 32.2 Å². The molecule has 8 nitrogen and oxygen atoms in total. The minimum atomic E-state index is -3.68. The molecule has 0 N–H and O–H groups in total. The monoisotopic (exact) mass is 591 g/mol. The lowest BCUT2D eigenvalue weighted by molar-refractivity contribution is -0.129. The van der Waals surface area contributed by atoms with Crippen molar-refractivity contribution in [3.63, 3.8) is 0 Å². The van der Waals surface area contributed by atoms with Gasteiger partial charge in [0.25, 0.3) is 0 Å². The number of hydrogen-bond acceptors (Lipinski definition) is 6. The number of carbonyl (C=O) groups excluding carboxylic acids is 2. The Bertz CT molecular complexity index is 1280. The molecule has 0 aliphatic carbocycles. The van der Waals surface area contributed by atoms with E-state index in [1.54, 1.807) is 30.9 Å². The molecule has 1 heterocycles. The van der Waals surface area contributed by atoms with Gasteiger partial charge in [-0.1, -0.05) is 25.1 Å². The van der Waals surface area contributed by atoms with E-state index in [2.05, 4.69) is 30.1 Å². The van der Waals surface area contributed by atoms with Crippen LogP contribution in [0.2, 0.25) is 0 Å². The van der Waals surface area contributed by atoms with Crippen molar-refractivity contribution in [1.29, 1.82) is 0 Å². The Labute approximate surface area is 245 Å². The van der Waals surface area contributed by atoms with Crippen LogP contribution < -0.4 is 4.74 Å². The fraction of sp³-hybridized carbons (Fsp3) is 0.548. The zero-order chi connectivity index (χ0) is 30.7. The quantitative estimate of drug-likeness (QED) is 0.387. The Kier molecular flexibility index (Phi) is 13.4. The maximum absolute atomic E-state index is 12.6. The highest BCUT2D eigenvalue weighted by Crippen LogP contribution is 2.27. The number of ether oxygens (including phenoxy) is 1. The number of carbonyl (C=O) groups is 2. The van der Waals surface area contributed by atoms with Gasteiger partial charge < -0.3 is 14.5 Å². The molecule has 0 fully saturated rings. The van der Waals surface area contributed by atoms with E-state index >= 15 is 0 Å². The van der Waals surface area contributed by atoms with Gasteiger partial charge in [-0.25, -0.2) is 12.8 Å². The number of alkyl halides is 1. The Balaban J connectivity index is 0.000000287. The molecular formula is C31H46FN3O5S. The number of hydrogen-bond donors (Lipinski definition) is 0. The molecule has 1 aliphatic rings. The largest absolute Gasteiger partial charge is 0.497 e. The molecule has 0 aromatic heterocycles. The van der Waals surface area contributed by atoms with Crippen molar-refractivity contribution >= 4 is 21.7 Å².